The van der Waals surface area contributed by atoms with Crippen LogP contribution in [0.15, 0.2) is 59.8 Å². The van der Waals surface area contributed by atoms with Crippen molar-refractivity contribution in [2.45, 2.75) is 11.4 Å². The van der Waals surface area contributed by atoms with Gasteiger partial charge in [-0.2, -0.15) is 4.31 Å². The first-order valence-corrected chi connectivity index (χ1v) is 9.73. The van der Waals surface area contributed by atoms with E-state index in [1.165, 1.54) is 5.56 Å². The Hall–Kier alpha value is -1.76. The van der Waals surface area contributed by atoms with E-state index in [1.54, 1.807) is 34.8 Å². The second kappa shape index (κ2) is 6.27. The molecule has 0 radical (unpaired) electrons. The SMILES string of the molecule is O=S(=O)(c1ccccc1)N1C[C@H]2CN(Cc3cccnc3)C[C@@H]2C1. The molecule has 0 unspecified atom stereocenters. The first kappa shape index (κ1) is 15.7. The molecule has 3 heterocycles. The average Bonchev–Trinajstić information content (AvgIpc) is 3.15. The molecule has 0 spiro atoms. The van der Waals surface area contributed by atoms with Gasteiger partial charge in [0.05, 0.1) is 4.90 Å². The van der Waals surface area contributed by atoms with Gasteiger partial charge in [0.15, 0.2) is 0 Å². The fourth-order valence-electron chi connectivity index (χ4n) is 3.86. The van der Waals surface area contributed by atoms with Crippen LogP contribution in [0.2, 0.25) is 0 Å². The van der Waals surface area contributed by atoms with Gasteiger partial charge in [-0.25, -0.2) is 8.42 Å². The third kappa shape index (κ3) is 2.97. The van der Waals surface area contributed by atoms with Crippen molar-refractivity contribution in [1.29, 1.82) is 0 Å². The summed E-state index contributed by atoms with van der Waals surface area (Å²) in [7, 11) is -3.35. The van der Waals surface area contributed by atoms with Crippen LogP contribution in [0, 0.1) is 11.8 Å². The summed E-state index contributed by atoms with van der Waals surface area (Å²) in [5.41, 5.74) is 1.21. The lowest BCUT2D eigenvalue weighted by Gasteiger charge is -2.21. The molecule has 4 rings (SSSR count). The maximum Gasteiger partial charge on any atom is 0.243 e. The fourth-order valence-corrected chi connectivity index (χ4v) is 5.44. The number of aromatic nitrogens is 1. The van der Waals surface area contributed by atoms with Gasteiger partial charge in [-0.3, -0.25) is 9.88 Å². The van der Waals surface area contributed by atoms with Gasteiger partial charge in [0.25, 0.3) is 0 Å². The average molecular weight is 343 g/mol. The molecule has 2 aliphatic heterocycles. The minimum Gasteiger partial charge on any atom is -0.298 e. The second-order valence-electron chi connectivity index (χ2n) is 6.71. The van der Waals surface area contributed by atoms with E-state index in [1.807, 2.05) is 18.3 Å². The predicted octanol–water partition coefficient (Wildman–Crippen LogP) is 1.83. The maximum atomic E-state index is 12.7. The Bertz CT molecular complexity index is 782. The van der Waals surface area contributed by atoms with Crippen LogP contribution in [0.25, 0.3) is 0 Å². The van der Waals surface area contributed by atoms with Gasteiger partial charge in [-0.15, -0.1) is 0 Å². The zero-order chi connectivity index (χ0) is 16.6. The van der Waals surface area contributed by atoms with Crippen LogP contribution in [-0.4, -0.2) is 48.8 Å². The Morgan fingerprint density at radius 1 is 0.958 bits per heavy atom. The van der Waals surface area contributed by atoms with Crippen molar-refractivity contribution in [3.05, 3.63) is 60.4 Å². The van der Waals surface area contributed by atoms with E-state index in [2.05, 4.69) is 16.0 Å². The molecule has 5 nitrogen and oxygen atoms in total. The Kier molecular flexibility index (Phi) is 4.12. The van der Waals surface area contributed by atoms with E-state index in [0.29, 0.717) is 29.8 Å². The lowest BCUT2D eigenvalue weighted by molar-refractivity contribution is 0.289. The van der Waals surface area contributed by atoms with Gasteiger partial charge in [0, 0.05) is 45.1 Å². The molecule has 0 saturated carbocycles. The van der Waals surface area contributed by atoms with Crippen molar-refractivity contribution < 1.29 is 8.42 Å². The van der Waals surface area contributed by atoms with Gasteiger partial charge in [0.1, 0.15) is 0 Å². The van der Waals surface area contributed by atoms with Crippen molar-refractivity contribution in [2.75, 3.05) is 26.2 Å². The number of likely N-dealkylation sites (tertiary alicyclic amines) is 1. The molecule has 0 aliphatic carbocycles. The summed E-state index contributed by atoms with van der Waals surface area (Å²) in [6.45, 7) is 4.07. The van der Waals surface area contributed by atoms with E-state index in [-0.39, 0.29) is 0 Å². The first-order valence-electron chi connectivity index (χ1n) is 8.29. The van der Waals surface area contributed by atoms with E-state index >= 15 is 0 Å². The van der Waals surface area contributed by atoms with Gasteiger partial charge in [-0.1, -0.05) is 24.3 Å². The molecule has 2 atom stereocenters. The molecule has 1 aromatic carbocycles. The number of pyridine rings is 1. The third-order valence-electron chi connectivity index (χ3n) is 5.04. The van der Waals surface area contributed by atoms with Crippen LogP contribution >= 0.6 is 0 Å². The summed E-state index contributed by atoms with van der Waals surface area (Å²) >= 11 is 0. The predicted molar refractivity (Wildman–Crippen MR) is 91.7 cm³/mol. The Morgan fingerprint density at radius 3 is 2.29 bits per heavy atom. The first-order chi connectivity index (χ1) is 11.6. The van der Waals surface area contributed by atoms with Crippen molar-refractivity contribution in [1.82, 2.24) is 14.2 Å². The smallest absolute Gasteiger partial charge is 0.243 e. The number of hydrogen-bond donors (Lipinski definition) is 0. The van der Waals surface area contributed by atoms with Crippen LogP contribution < -0.4 is 0 Å². The van der Waals surface area contributed by atoms with Gasteiger partial charge >= 0.3 is 0 Å². The highest BCUT2D eigenvalue weighted by atomic mass is 32.2. The van der Waals surface area contributed by atoms with Crippen LogP contribution in [0.4, 0.5) is 0 Å². The summed E-state index contributed by atoms with van der Waals surface area (Å²) < 4.78 is 27.2. The molecule has 0 bridgehead atoms. The van der Waals surface area contributed by atoms with Gasteiger partial charge in [0.2, 0.25) is 10.0 Å². The largest absolute Gasteiger partial charge is 0.298 e. The van der Waals surface area contributed by atoms with Crippen molar-refractivity contribution >= 4 is 10.0 Å². The number of rotatable bonds is 4. The molecule has 2 aliphatic rings. The molecular weight excluding hydrogens is 322 g/mol. The second-order valence-corrected chi connectivity index (χ2v) is 8.65. The number of benzene rings is 1. The van der Waals surface area contributed by atoms with Crippen LogP contribution in [0.5, 0.6) is 0 Å². The highest BCUT2D eigenvalue weighted by molar-refractivity contribution is 7.89. The third-order valence-corrected chi connectivity index (χ3v) is 6.88. The Labute approximate surface area is 143 Å². The molecule has 0 amide bonds. The number of fused-ring (bicyclic) bond motifs is 1. The van der Waals surface area contributed by atoms with E-state index in [9.17, 15) is 8.42 Å². The van der Waals surface area contributed by atoms with Crippen molar-refractivity contribution in [3.8, 4) is 0 Å². The minimum absolute atomic E-state index is 0.400. The molecule has 1 aromatic heterocycles. The highest BCUT2D eigenvalue weighted by Gasteiger charge is 2.44. The number of hydrogen-bond acceptors (Lipinski definition) is 4. The number of nitrogens with zero attached hydrogens (tertiary/aromatic N) is 3. The lowest BCUT2D eigenvalue weighted by atomic mass is 10.0. The fraction of sp³-hybridized carbons (Fsp3) is 0.389. The molecule has 2 fully saturated rings. The van der Waals surface area contributed by atoms with Crippen LogP contribution in [0.1, 0.15) is 5.56 Å². The molecule has 2 aromatic rings. The summed E-state index contributed by atoms with van der Waals surface area (Å²) in [6.07, 6.45) is 3.69. The monoisotopic (exact) mass is 343 g/mol. The Morgan fingerprint density at radius 2 is 1.67 bits per heavy atom. The molecule has 126 valence electrons. The molecule has 0 N–H and O–H groups in total. The standard InChI is InChI=1S/C18H21N3O2S/c22-24(23,18-6-2-1-3-7-18)21-13-16-11-20(12-17(16)14-21)10-15-5-4-8-19-9-15/h1-9,16-17H,10-14H2/t16-,17-/m1/s1. The van der Waals surface area contributed by atoms with E-state index in [0.717, 1.165) is 19.6 Å². The Balaban J connectivity index is 1.41. The minimum atomic E-state index is -3.35. The molecule has 6 heteroatoms. The zero-order valence-electron chi connectivity index (χ0n) is 13.5. The normalized spacial score (nSPS) is 25.0. The summed E-state index contributed by atoms with van der Waals surface area (Å²) in [5.74, 6) is 0.861. The van der Waals surface area contributed by atoms with Crippen molar-refractivity contribution in [3.63, 3.8) is 0 Å². The zero-order valence-corrected chi connectivity index (χ0v) is 14.3. The topological polar surface area (TPSA) is 53.5 Å². The van der Waals surface area contributed by atoms with E-state index in [4.69, 9.17) is 0 Å². The maximum absolute atomic E-state index is 12.7. The quantitative estimate of drug-likeness (QED) is 0.850. The number of sulfonamides is 1. The van der Waals surface area contributed by atoms with Gasteiger partial charge < -0.3 is 0 Å². The summed E-state index contributed by atoms with van der Waals surface area (Å²) in [5, 5.41) is 0. The van der Waals surface area contributed by atoms with Crippen LogP contribution in [0.3, 0.4) is 0 Å². The highest BCUT2D eigenvalue weighted by Crippen LogP contribution is 2.34. The van der Waals surface area contributed by atoms with Gasteiger partial charge in [-0.05, 0) is 35.6 Å². The summed E-state index contributed by atoms with van der Waals surface area (Å²) in [6, 6.07) is 12.8. The molecular formula is C18H21N3O2S. The lowest BCUT2D eigenvalue weighted by Crippen LogP contribution is -2.33. The van der Waals surface area contributed by atoms with E-state index < -0.39 is 10.0 Å². The molecule has 24 heavy (non-hydrogen) atoms. The van der Waals surface area contributed by atoms with Crippen LogP contribution in [-0.2, 0) is 16.6 Å². The summed E-state index contributed by atoms with van der Waals surface area (Å²) in [4.78, 5) is 6.98. The van der Waals surface area contributed by atoms with Crippen molar-refractivity contribution in [2.24, 2.45) is 11.8 Å². The molecule has 2 saturated heterocycles.